The summed E-state index contributed by atoms with van der Waals surface area (Å²) >= 11 is 0. The Bertz CT molecular complexity index is 347. The van der Waals surface area contributed by atoms with Gasteiger partial charge in [0.25, 0.3) is 0 Å². The molecule has 2 heterocycles. The van der Waals surface area contributed by atoms with Crippen LogP contribution in [0.15, 0.2) is 4.99 Å². The van der Waals surface area contributed by atoms with Crippen LogP contribution in [-0.4, -0.2) is 48.2 Å². The minimum Gasteiger partial charge on any atom is -0.478 e. The Kier molecular flexibility index (Phi) is 3.78. The second-order valence-electron chi connectivity index (χ2n) is 5.75. The van der Waals surface area contributed by atoms with Gasteiger partial charge in [0.2, 0.25) is 5.90 Å². The Balaban J connectivity index is 2.05. The molecule has 0 aromatic heterocycles. The quantitative estimate of drug-likeness (QED) is 0.721. The highest BCUT2D eigenvalue weighted by Crippen LogP contribution is 2.22. The first kappa shape index (κ1) is 13.2. The molecule has 2 rings (SSSR count). The summed E-state index contributed by atoms with van der Waals surface area (Å²) in [5, 5.41) is 0. The number of carbonyl (C=O) groups excluding carboxylic acids is 1. The summed E-state index contributed by atoms with van der Waals surface area (Å²) in [6.07, 6.45) is 2.78. The summed E-state index contributed by atoms with van der Waals surface area (Å²) in [6, 6.07) is -0.0314. The monoisotopic (exact) mass is 254 g/mol. The van der Waals surface area contributed by atoms with Gasteiger partial charge in [-0.3, -0.25) is 9.89 Å². The lowest BCUT2D eigenvalue weighted by Gasteiger charge is -2.36. The minimum absolute atomic E-state index is 0.0314. The van der Waals surface area contributed by atoms with Gasteiger partial charge in [0.05, 0.1) is 6.54 Å². The molecule has 0 radical (unpaired) electrons. The molecule has 0 saturated carbocycles. The van der Waals surface area contributed by atoms with Gasteiger partial charge in [0, 0.05) is 6.54 Å². The lowest BCUT2D eigenvalue weighted by molar-refractivity contribution is 0.0148. The van der Waals surface area contributed by atoms with Crippen molar-refractivity contribution in [3.63, 3.8) is 0 Å². The second kappa shape index (κ2) is 5.16. The molecule has 1 fully saturated rings. The smallest absolute Gasteiger partial charge is 0.410 e. The molecule has 5 nitrogen and oxygen atoms in total. The Morgan fingerprint density at radius 1 is 1.44 bits per heavy atom. The predicted molar refractivity (Wildman–Crippen MR) is 68.8 cm³/mol. The Hall–Kier alpha value is -1.26. The van der Waals surface area contributed by atoms with Crippen molar-refractivity contribution in [2.75, 3.05) is 19.7 Å². The third-order valence-electron chi connectivity index (χ3n) is 3.02. The molecule has 102 valence electrons. The molecule has 0 N–H and O–H groups in total. The highest BCUT2D eigenvalue weighted by Gasteiger charge is 2.35. The van der Waals surface area contributed by atoms with E-state index in [1.807, 2.05) is 20.8 Å². The predicted octanol–water partition coefficient (Wildman–Crippen LogP) is 2.20. The van der Waals surface area contributed by atoms with Crippen molar-refractivity contribution in [2.24, 2.45) is 4.99 Å². The lowest BCUT2D eigenvalue weighted by Crippen LogP contribution is -2.49. The van der Waals surface area contributed by atoms with Crippen molar-refractivity contribution in [2.45, 2.75) is 51.7 Å². The number of hydrogen-bond acceptors (Lipinski definition) is 4. The van der Waals surface area contributed by atoms with E-state index in [9.17, 15) is 4.79 Å². The van der Waals surface area contributed by atoms with Crippen molar-refractivity contribution in [1.82, 2.24) is 4.90 Å². The molecule has 0 aliphatic carbocycles. The Labute approximate surface area is 108 Å². The normalized spacial score (nSPS) is 24.5. The number of hydrogen-bond donors (Lipinski definition) is 0. The summed E-state index contributed by atoms with van der Waals surface area (Å²) in [5.41, 5.74) is -0.461. The van der Waals surface area contributed by atoms with Crippen molar-refractivity contribution < 1.29 is 14.3 Å². The molecule has 0 unspecified atom stereocenters. The number of piperidine rings is 1. The van der Waals surface area contributed by atoms with E-state index in [1.165, 1.54) is 0 Å². The standard InChI is InChI=1S/C13H22N2O3/c1-13(2,3)18-12(16)15-8-5-4-6-10(15)11-14-7-9-17-11/h10H,4-9H2,1-3H3/t10-/m0/s1. The molecular weight excluding hydrogens is 232 g/mol. The molecule has 2 aliphatic rings. The zero-order valence-electron chi connectivity index (χ0n) is 11.4. The van der Waals surface area contributed by atoms with E-state index in [0.717, 1.165) is 25.8 Å². The van der Waals surface area contributed by atoms with E-state index in [0.29, 0.717) is 19.0 Å². The van der Waals surface area contributed by atoms with E-state index in [4.69, 9.17) is 9.47 Å². The fourth-order valence-electron chi connectivity index (χ4n) is 2.28. The number of amides is 1. The van der Waals surface area contributed by atoms with Gasteiger partial charge in [-0.1, -0.05) is 0 Å². The number of aliphatic imine (C=N–C) groups is 1. The Morgan fingerprint density at radius 2 is 2.22 bits per heavy atom. The van der Waals surface area contributed by atoms with Crippen LogP contribution in [0.1, 0.15) is 40.0 Å². The maximum atomic E-state index is 12.2. The third-order valence-corrected chi connectivity index (χ3v) is 3.02. The zero-order valence-corrected chi connectivity index (χ0v) is 11.4. The number of nitrogens with zero attached hydrogens (tertiary/aromatic N) is 2. The van der Waals surface area contributed by atoms with Crippen molar-refractivity contribution in [3.05, 3.63) is 0 Å². The van der Waals surface area contributed by atoms with Gasteiger partial charge in [-0.2, -0.15) is 0 Å². The van der Waals surface area contributed by atoms with Gasteiger partial charge in [-0.15, -0.1) is 0 Å². The van der Waals surface area contributed by atoms with Gasteiger partial charge in [0.1, 0.15) is 18.2 Å². The SMILES string of the molecule is CC(C)(C)OC(=O)N1CCCC[C@H]1C1=NCCO1. The lowest BCUT2D eigenvalue weighted by atomic mass is 10.0. The molecule has 2 aliphatic heterocycles. The van der Waals surface area contributed by atoms with E-state index >= 15 is 0 Å². The van der Waals surface area contributed by atoms with Gasteiger partial charge >= 0.3 is 6.09 Å². The number of carbonyl (C=O) groups is 1. The summed E-state index contributed by atoms with van der Waals surface area (Å²) in [7, 11) is 0. The summed E-state index contributed by atoms with van der Waals surface area (Å²) in [5.74, 6) is 0.709. The van der Waals surface area contributed by atoms with Crippen LogP contribution in [0, 0.1) is 0 Å². The number of likely N-dealkylation sites (tertiary alicyclic amines) is 1. The van der Waals surface area contributed by atoms with Gasteiger partial charge in [0.15, 0.2) is 0 Å². The maximum absolute atomic E-state index is 12.2. The van der Waals surface area contributed by atoms with Crippen LogP contribution in [0.3, 0.4) is 0 Å². The van der Waals surface area contributed by atoms with Crippen LogP contribution in [0.2, 0.25) is 0 Å². The molecule has 5 heteroatoms. The second-order valence-corrected chi connectivity index (χ2v) is 5.75. The molecule has 18 heavy (non-hydrogen) atoms. The maximum Gasteiger partial charge on any atom is 0.410 e. The first-order valence-corrected chi connectivity index (χ1v) is 6.64. The van der Waals surface area contributed by atoms with Gasteiger partial charge in [-0.05, 0) is 40.0 Å². The molecule has 0 bridgehead atoms. The number of ether oxygens (including phenoxy) is 2. The fraction of sp³-hybridized carbons (Fsp3) is 0.846. The van der Waals surface area contributed by atoms with E-state index in [2.05, 4.69) is 4.99 Å². The highest BCUT2D eigenvalue weighted by molar-refractivity contribution is 5.86. The summed E-state index contributed by atoms with van der Waals surface area (Å²) < 4.78 is 10.9. The van der Waals surface area contributed by atoms with Crippen molar-refractivity contribution in [3.8, 4) is 0 Å². The average Bonchev–Trinajstić information content (AvgIpc) is 2.80. The summed E-state index contributed by atoms with van der Waals surface area (Å²) in [4.78, 5) is 18.3. The molecule has 1 saturated heterocycles. The van der Waals surface area contributed by atoms with Crippen LogP contribution >= 0.6 is 0 Å². The van der Waals surface area contributed by atoms with Crippen LogP contribution < -0.4 is 0 Å². The topological polar surface area (TPSA) is 51.1 Å². The Morgan fingerprint density at radius 3 is 2.83 bits per heavy atom. The van der Waals surface area contributed by atoms with Crippen molar-refractivity contribution in [1.29, 1.82) is 0 Å². The van der Waals surface area contributed by atoms with E-state index in [-0.39, 0.29) is 12.1 Å². The van der Waals surface area contributed by atoms with Crippen LogP contribution in [0.4, 0.5) is 4.79 Å². The fourth-order valence-corrected chi connectivity index (χ4v) is 2.28. The van der Waals surface area contributed by atoms with Crippen LogP contribution in [0.5, 0.6) is 0 Å². The first-order chi connectivity index (χ1) is 8.47. The molecular formula is C13H22N2O3. The average molecular weight is 254 g/mol. The molecule has 0 aromatic carbocycles. The van der Waals surface area contributed by atoms with Gasteiger partial charge in [-0.25, -0.2) is 4.79 Å². The van der Waals surface area contributed by atoms with Crippen LogP contribution in [-0.2, 0) is 9.47 Å². The minimum atomic E-state index is -0.461. The van der Waals surface area contributed by atoms with Crippen molar-refractivity contribution >= 4 is 12.0 Å². The molecule has 0 aromatic rings. The molecule has 1 atom stereocenters. The highest BCUT2D eigenvalue weighted by atomic mass is 16.6. The largest absolute Gasteiger partial charge is 0.478 e. The van der Waals surface area contributed by atoms with Gasteiger partial charge < -0.3 is 9.47 Å². The number of rotatable bonds is 1. The first-order valence-electron chi connectivity index (χ1n) is 6.64. The summed E-state index contributed by atoms with van der Waals surface area (Å²) in [6.45, 7) is 7.71. The zero-order chi connectivity index (χ0) is 13.2. The van der Waals surface area contributed by atoms with Crippen LogP contribution in [0.25, 0.3) is 0 Å². The molecule has 0 spiro atoms. The molecule has 1 amide bonds. The van der Waals surface area contributed by atoms with E-state index < -0.39 is 5.60 Å². The third kappa shape index (κ3) is 3.15. The van der Waals surface area contributed by atoms with E-state index in [1.54, 1.807) is 4.90 Å².